The maximum atomic E-state index is 12.2. The summed E-state index contributed by atoms with van der Waals surface area (Å²) in [5.41, 5.74) is 3.99. The van der Waals surface area contributed by atoms with Crippen molar-refractivity contribution in [2.75, 3.05) is 11.1 Å². The molecule has 0 saturated heterocycles. The summed E-state index contributed by atoms with van der Waals surface area (Å²) in [5, 5.41) is 11.8. The first-order chi connectivity index (χ1) is 12.0. The van der Waals surface area contributed by atoms with E-state index in [4.69, 9.17) is 0 Å². The lowest BCUT2D eigenvalue weighted by Crippen LogP contribution is -2.15. The SMILES string of the molecule is Cc1ccc(-n2c(Br)nnc2SCC(=O)Nc2ccccc2C)cc1. The molecule has 1 N–H and O–H groups in total. The molecule has 1 amide bonds. The maximum absolute atomic E-state index is 12.2. The van der Waals surface area contributed by atoms with Crippen molar-refractivity contribution in [3.05, 3.63) is 64.4 Å². The van der Waals surface area contributed by atoms with E-state index in [1.165, 1.54) is 17.3 Å². The number of anilines is 1. The molecule has 0 fully saturated rings. The third-order valence-electron chi connectivity index (χ3n) is 3.64. The molecule has 0 saturated carbocycles. The Labute approximate surface area is 159 Å². The predicted molar refractivity (Wildman–Crippen MR) is 104 cm³/mol. The molecule has 0 radical (unpaired) electrons. The van der Waals surface area contributed by atoms with Crippen molar-refractivity contribution in [3.63, 3.8) is 0 Å². The quantitative estimate of drug-likeness (QED) is 0.626. The van der Waals surface area contributed by atoms with Gasteiger partial charge < -0.3 is 5.32 Å². The molecule has 1 heterocycles. The van der Waals surface area contributed by atoms with Gasteiger partial charge in [0.1, 0.15) is 0 Å². The van der Waals surface area contributed by atoms with Crippen LogP contribution in [-0.4, -0.2) is 26.4 Å². The van der Waals surface area contributed by atoms with Gasteiger partial charge in [0.25, 0.3) is 0 Å². The van der Waals surface area contributed by atoms with Gasteiger partial charge in [-0.15, -0.1) is 10.2 Å². The van der Waals surface area contributed by atoms with Crippen LogP contribution >= 0.6 is 27.7 Å². The lowest BCUT2D eigenvalue weighted by atomic mass is 10.2. The highest BCUT2D eigenvalue weighted by atomic mass is 79.9. The molecule has 0 atom stereocenters. The topological polar surface area (TPSA) is 59.8 Å². The van der Waals surface area contributed by atoms with Gasteiger partial charge in [0.15, 0.2) is 5.16 Å². The maximum Gasteiger partial charge on any atom is 0.234 e. The van der Waals surface area contributed by atoms with Gasteiger partial charge in [0.05, 0.1) is 11.4 Å². The normalized spacial score (nSPS) is 10.7. The number of rotatable bonds is 5. The van der Waals surface area contributed by atoms with Crippen molar-refractivity contribution in [2.45, 2.75) is 19.0 Å². The predicted octanol–water partition coefficient (Wildman–Crippen LogP) is 4.38. The Kier molecular flexibility index (Phi) is 5.55. The van der Waals surface area contributed by atoms with E-state index in [2.05, 4.69) is 31.4 Å². The molecule has 0 aliphatic heterocycles. The zero-order valence-electron chi connectivity index (χ0n) is 13.9. The van der Waals surface area contributed by atoms with Crippen molar-refractivity contribution in [2.24, 2.45) is 0 Å². The molecule has 3 aromatic rings. The number of nitrogens with one attached hydrogen (secondary N) is 1. The summed E-state index contributed by atoms with van der Waals surface area (Å²) in [6, 6.07) is 15.8. The highest BCUT2D eigenvalue weighted by molar-refractivity contribution is 9.10. The largest absolute Gasteiger partial charge is 0.325 e. The summed E-state index contributed by atoms with van der Waals surface area (Å²) in [6.07, 6.45) is 0. The number of halogens is 1. The highest BCUT2D eigenvalue weighted by Gasteiger charge is 2.14. The van der Waals surface area contributed by atoms with Gasteiger partial charge in [-0.1, -0.05) is 47.7 Å². The fraction of sp³-hybridized carbons (Fsp3) is 0.167. The summed E-state index contributed by atoms with van der Waals surface area (Å²) in [6.45, 7) is 4.00. The molecule has 0 aliphatic carbocycles. The second-order valence-electron chi connectivity index (χ2n) is 5.57. The number of nitrogens with zero attached hydrogens (tertiary/aromatic N) is 3. The number of hydrogen-bond donors (Lipinski definition) is 1. The Bertz CT molecular complexity index is 892. The first-order valence-corrected chi connectivity index (χ1v) is 9.48. The molecule has 0 aliphatic rings. The van der Waals surface area contributed by atoms with Crippen LogP contribution in [0.5, 0.6) is 0 Å². The summed E-state index contributed by atoms with van der Waals surface area (Å²) < 4.78 is 2.49. The summed E-state index contributed by atoms with van der Waals surface area (Å²) >= 11 is 4.77. The molecule has 0 bridgehead atoms. The number of carbonyl (C=O) groups excluding carboxylic acids is 1. The molecule has 5 nitrogen and oxygen atoms in total. The minimum atomic E-state index is -0.0751. The molecular weight excluding hydrogens is 400 g/mol. The average Bonchev–Trinajstić information content (AvgIpc) is 2.97. The van der Waals surface area contributed by atoms with E-state index >= 15 is 0 Å². The van der Waals surface area contributed by atoms with Crippen LogP contribution in [0, 0.1) is 13.8 Å². The highest BCUT2D eigenvalue weighted by Crippen LogP contribution is 2.25. The van der Waals surface area contributed by atoms with Gasteiger partial charge >= 0.3 is 0 Å². The van der Waals surface area contributed by atoms with Crippen LogP contribution in [-0.2, 0) is 4.79 Å². The Morgan fingerprint density at radius 1 is 1.12 bits per heavy atom. The first kappa shape index (κ1) is 17.7. The van der Waals surface area contributed by atoms with Crippen LogP contribution < -0.4 is 5.32 Å². The lowest BCUT2D eigenvalue weighted by Gasteiger charge is -2.09. The summed E-state index contributed by atoms with van der Waals surface area (Å²) in [4.78, 5) is 12.2. The van der Waals surface area contributed by atoms with Crippen molar-refractivity contribution in [3.8, 4) is 5.69 Å². The van der Waals surface area contributed by atoms with Crippen LogP contribution in [0.1, 0.15) is 11.1 Å². The zero-order valence-corrected chi connectivity index (χ0v) is 16.3. The van der Waals surface area contributed by atoms with Crippen LogP contribution in [0.3, 0.4) is 0 Å². The van der Waals surface area contributed by atoms with Gasteiger partial charge in [0, 0.05) is 5.69 Å². The van der Waals surface area contributed by atoms with Crippen LogP contribution in [0.25, 0.3) is 5.69 Å². The molecule has 25 heavy (non-hydrogen) atoms. The zero-order chi connectivity index (χ0) is 17.8. The molecule has 7 heteroatoms. The second kappa shape index (κ2) is 7.84. The fourth-order valence-electron chi connectivity index (χ4n) is 2.29. The van der Waals surface area contributed by atoms with Gasteiger partial charge in [-0.2, -0.15) is 0 Å². The molecule has 1 aromatic heterocycles. The molecule has 128 valence electrons. The molecule has 2 aromatic carbocycles. The second-order valence-corrected chi connectivity index (χ2v) is 7.23. The average molecular weight is 417 g/mol. The minimum Gasteiger partial charge on any atom is -0.325 e. The van der Waals surface area contributed by atoms with E-state index in [0.717, 1.165) is 16.9 Å². The number of aromatic nitrogens is 3. The molecule has 0 unspecified atom stereocenters. The number of carbonyl (C=O) groups is 1. The van der Waals surface area contributed by atoms with Crippen LogP contribution in [0.15, 0.2) is 58.4 Å². The van der Waals surface area contributed by atoms with E-state index in [9.17, 15) is 4.79 Å². The van der Waals surface area contributed by atoms with Crippen LogP contribution in [0.4, 0.5) is 5.69 Å². The number of para-hydroxylation sites is 1. The summed E-state index contributed by atoms with van der Waals surface area (Å²) in [7, 11) is 0. The molecule has 0 spiro atoms. The Morgan fingerprint density at radius 3 is 2.56 bits per heavy atom. The third-order valence-corrected chi connectivity index (χ3v) is 5.08. The number of hydrogen-bond acceptors (Lipinski definition) is 4. The van der Waals surface area contributed by atoms with Gasteiger partial charge in [0.2, 0.25) is 10.6 Å². The number of benzene rings is 2. The molecular formula is C18H17BrN4OS. The number of aryl methyl sites for hydroxylation is 2. The Hall–Kier alpha value is -2.12. The van der Waals surface area contributed by atoms with E-state index < -0.39 is 0 Å². The van der Waals surface area contributed by atoms with Gasteiger partial charge in [-0.25, -0.2) is 0 Å². The van der Waals surface area contributed by atoms with E-state index in [1.807, 2.05) is 66.9 Å². The van der Waals surface area contributed by atoms with Crippen molar-refractivity contribution in [1.29, 1.82) is 0 Å². The first-order valence-electron chi connectivity index (χ1n) is 7.71. The van der Waals surface area contributed by atoms with Crippen LogP contribution in [0.2, 0.25) is 0 Å². The van der Waals surface area contributed by atoms with Crippen molar-refractivity contribution < 1.29 is 4.79 Å². The Balaban J connectivity index is 1.71. The third kappa shape index (κ3) is 4.29. The van der Waals surface area contributed by atoms with Gasteiger partial charge in [-0.05, 0) is 53.5 Å². The van der Waals surface area contributed by atoms with Gasteiger partial charge in [-0.3, -0.25) is 9.36 Å². The lowest BCUT2D eigenvalue weighted by molar-refractivity contribution is -0.113. The number of amides is 1. The Morgan fingerprint density at radius 2 is 1.84 bits per heavy atom. The molecule has 3 rings (SSSR count). The number of thioether (sulfide) groups is 1. The fourth-order valence-corrected chi connectivity index (χ4v) is 3.61. The summed E-state index contributed by atoms with van der Waals surface area (Å²) in [5.74, 6) is 0.180. The van der Waals surface area contributed by atoms with E-state index in [1.54, 1.807) is 0 Å². The monoisotopic (exact) mass is 416 g/mol. The van der Waals surface area contributed by atoms with E-state index in [-0.39, 0.29) is 11.7 Å². The smallest absolute Gasteiger partial charge is 0.234 e. The standard InChI is InChI=1S/C18H17BrN4OS/c1-12-7-9-14(10-8-12)23-17(19)21-22-18(23)25-11-16(24)20-15-6-4-3-5-13(15)2/h3-10H,11H2,1-2H3,(H,20,24). The minimum absolute atomic E-state index is 0.0751. The van der Waals surface area contributed by atoms with E-state index in [0.29, 0.717) is 9.89 Å². The van der Waals surface area contributed by atoms with Crippen molar-refractivity contribution >= 4 is 39.3 Å². The van der Waals surface area contributed by atoms with Crippen molar-refractivity contribution in [1.82, 2.24) is 14.8 Å².